The quantitative estimate of drug-likeness (QED) is 0.783. The van der Waals surface area contributed by atoms with E-state index in [0.717, 1.165) is 5.56 Å². The Balaban J connectivity index is 2.30. The number of para-hydroxylation sites is 1. The molecule has 2 aromatic carbocycles. The summed E-state index contributed by atoms with van der Waals surface area (Å²) in [7, 11) is 0. The third-order valence-corrected chi connectivity index (χ3v) is 3.86. The number of hydrogen-bond donors (Lipinski definition) is 0. The highest BCUT2D eigenvalue weighted by atomic mass is 79.9. The summed E-state index contributed by atoms with van der Waals surface area (Å²) in [4.78, 5) is 1.87. The van der Waals surface area contributed by atoms with Crippen LogP contribution in [0.2, 0.25) is 0 Å². The molecule has 0 radical (unpaired) electrons. The fourth-order valence-corrected chi connectivity index (χ4v) is 2.34. The lowest BCUT2D eigenvalue weighted by atomic mass is 10.2. The monoisotopic (exact) mass is 325 g/mol. The average molecular weight is 326 g/mol. The fourth-order valence-electron chi connectivity index (χ4n) is 1.95. The molecule has 2 aromatic rings. The van der Waals surface area contributed by atoms with E-state index in [2.05, 4.69) is 15.9 Å². The Bertz CT molecular complexity index is 572. The van der Waals surface area contributed by atoms with E-state index in [1.807, 2.05) is 17.9 Å². The Morgan fingerprint density at radius 1 is 1.00 bits per heavy atom. The molecule has 1 nitrogen and oxygen atoms in total. The molecule has 0 aromatic heterocycles. The van der Waals surface area contributed by atoms with Gasteiger partial charge in [-0.15, -0.1) is 0 Å². The molecule has 0 saturated carbocycles. The molecule has 19 heavy (non-hydrogen) atoms. The largest absolute Gasteiger partial charge is 0.365 e. The number of rotatable bonds is 4. The van der Waals surface area contributed by atoms with E-state index < -0.39 is 0 Å². The van der Waals surface area contributed by atoms with E-state index in [0.29, 0.717) is 23.2 Å². The second-order valence-corrected chi connectivity index (χ2v) is 4.97. The zero-order chi connectivity index (χ0) is 13.8. The van der Waals surface area contributed by atoms with Crippen LogP contribution in [0, 0.1) is 11.6 Å². The van der Waals surface area contributed by atoms with Crippen LogP contribution in [-0.2, 0) is 6.54 Å². The van der Waals surface area contributed by atoms with Crippen molar-refractivity contribution in [1.29, 1.82) is 0 Å². The maximum Gasteiger partial charge on any atom is 0.146 e. The van der Waals surface area contributed by atoms with Crippen LogP contribution >= 0.6 is 15.9 Å². The molecule has 0 unspecified atom stereocenters. The van der Waals surface area contributed by atoms with Gasteiger partial charge in [-0.1, -0.05) is 24.3 Å². The molecule has 0 saturated heterocycles. The minimum absolute atomic E-state index is 0.267. The van der Waals surface area contributed by atoms with Crippen LogP contribution in [0.25, 0.3) is 0 Å². The van der Waals surface area contributed by atoms with Crippen molar-refractivity contribution in [3.63, 3.8) is 0 Å². The highest BCUT2D eigenvalue weighted by Crippen LogP contribution is 2.25. The Hall–Kier alpha value is -1.42. The Morgan fingerprint density at radius 2 is 1.68 bits per heavy atom. The van der Waals surface area contributed by atoms with Gasteiger partial charge in [-0.2, -0.15) is 0 Å². The summed E-state index contributed by atoms with van der Waals surface area (Å²) < 4.78 is 27.7. The van der Waals surface area contributed by atoms with Gasteiger partial charge >= 0.3 is 0 Å². The van der Waals surface area contributed by atoms with E-state index in [4.69, 9.17) is 0 Å². The maximum atomic E-state index is 13.8. The van der Waals surface area contributed by atoms with E-state index in [-0.39, 0.29) is 11.6 Å². The molecule has 0 amide bonds. The summed E-state index contributed by atoms with van der Waals surface area (Å²) >= 11 is 3.23. The van der Waals surface area contributed by atoms with E-state index >= 15 is 0 Å². The molecule has 2 rings (SSSR count). The molecular formula is C15H14BrF2N. The molecule has 4 heteroatoms. The van der Waals surface area contributed by atoms with E-state index in [1.165, 1.54) is 12.1 Å². The Morgan fingerprint density at radius 3 is 2.37 bits per heavy atom. The first-order valence-corrected chi connectivity index (χ1v) is 6.85. The minimum Gasteiger partial charge on any atom is -0.365 e. The highest BCUT2D eigenvalue weighted by Gasteiger charge is 2.12. The first-order chi connectivity index (χ1) is 9.13. The van der Waals surface area contributed by atoms with Gasteiger partial charge < -0.3 is 4.90 Å². The molecule has 0 aliphatic rings. The van der Waals surface area contributed by atoms with Crippen LogP contribution in [0.1, 0.15) is 12.5 Å². The molecule has 0 atom stereocenters. The van der Waals surface area contributed by atoms with Crippen LogP contribution < -0.4 is 4.90 Å². The summed E-state index contributed by atoms with van der Waals surface area (Å²) in [5.41, 5.74) is 1.33. The zero-order valence-electron chi connectivity index (χ0n) is 10.5. The van der Waals surface area contributed by atoms with Crippen LogP contribution in [0.5, 0.6) is 0 Å². The molecule has 0 bridgehead atoms. The van der Waals surface area contributed by atoms with Crippen LogP contribution in [0.4, 0.5) is 14.5 Å². The van der Waals surface area contributed by atoms with Gasteiger partial charge in [-0.3, -0.25) is 0 Å². The summed E-state index contributed by atoms with van der Waals surface area (Å²) in [6.45, 7) is 3.04. The van der Waals surface area contributed by atoms with Gasteiger partial charge in [0.1, 0.15) is 11.6 Å². The van der Waals surface area contributed by atoms with Crippen molar-refractivity contribution in [1.82, 2.24) is 0 Å². The summed E-state index contributed by atoms with van der Waals surface area (Å²) in [5.74, 6) is -0.570. The maximum absolute atomic E-state index is 13.8. The lowest BCUT2D eigenvalue weighted by Crippen LogP contribution is -2.23. The third kappa shape index (κ3) is 3.13. The SMILES string of the molecule is CCN(Cc1cccc(F)c1Br)c1ccccc1F. The number of benzene rings is 2. The van der Waals surface area contributed by atoms with Crippen molar-refractivity contribution < 1.29 is 8.78 Å². The normalized spacial score (nSPS) is 10.5. The van der Waals surface area contributed by atoms with Crippen LogP contribution in [0.15, 0.2) is 46.9 Å². The second kappa shape index (κ2) is 6.15. The molecule has 0 heterocycles. The van der Waals surface area contributed by atoms with Gasteiger partial charge in [0.2, 0.25) is 0 Å². The molecule has 100 valence electrons. The summed E-state index contributed by atoms with van der Waals surface area (Å²) in [6.07, 6.45) is 0. The van der Waals surface area contributed by atoms with Crippen molar-refractivity contribution in [2.24, 2.45) is 0 Å². The van der Waals surface area contributed by atoms with Crippen molar-refractivity contribution in [3.8, 4) is 0 Å². The predicted molar refractivity (Wildman–Crippen MR) is 77.2 cm³/mol. The molecule has 0 aliphatic carbocycles. The highest BCUT2D eigenvalue weighted by molar-refractivity contribution is 9.10. The molecule has 0 spiro atoms. The van der Waals surface area contributed by atoms with Crippen molar-refractivity contribution in [2.75, 3.05) is 11.4 Å². The second-order valence-electron chi connectivity index (χ2n) is 4.18. The minimum atomic E-state index is -0.304. The van der Waals surface area contributed by atoms with Gasteiger partial charge in [0.25, 0.3) is 0 Å². The molecule has 0 N–H and O–H groups in total. The Kier molecular flexibility index (Phi) is 4.53. The van der Waals surface area contributed by atoms with Crippen LogP contribution in [-0.4, -0.2) is 6.54 Å². The first kappa shape index (κ1) is 14.0. The van der Waals surface area contributed by atoms with Crippen LogP contribution in [0.3, 0.4) is 0 Å². The smallest absolute Gasteiger partial charge is 0.146 e. The average Bonchev–Trinajstić information content (AvgIpc) is 2.41. The number of halogens is 3. The number of anilines is 1. The first-order valence-electron chi connectivity index (χ1n) is 6.06. The lowest BCUT2D eigenvalue weighted by Gasteiger charge is -2.24. The topological polar surface area (TPSA) is 3.24 Å². The number of nitrogens with zero attached hydrogens (tertiary/aromatic N) is 1. The van der Waals surface area contributed by atoms with E-state index in [9.17, 15) is 8.78 Å². The number of hydrogen-bond acceptors (Lipinski definition) is 1. The molecule has 0 fully saturated rings. The van der Waals surface area contributed by atoms with Gasteiger partial charge in [0.05, 0.1) is 10.2 Å². The Labute approximate surface area is 120 Å². The van der Waals surface area contributed by atoms with Gasteiger partial charge in [0, 0.05) is 13.1 Å². The van der Waals surface area contributed by atoms with Gasteiger partial charge in [0.15, 0.2) is 0 Å². The molecular weight excluding hydrogens is 312 g/mol. The lowest BCUT2D eigenvalue weighted by molar-refractivity contribution is 0.611. The fraction of sp³-hybridized carbons (Fsp3) is 0.200. The van der Waals surface area contributed by atoms with Crippen molar-refractivity contribution in [2.45, 2.75) is 13.5 Å². The van der Waals surface area contributed by atoms with Crippen molar-refractivity contribution >= 4 is 21.6 Å². The van der Waals surface area contributed by atoms with Gasteiger partial charge in [-0.25, -0.2) is 8.78 Å². The summed E-state index contributed by atoms with van der Waals surface area (Å²) in [6, 6.07) is 11.5. The third-order valence-electron chi connectivity index (χ3n) is 2.97. The van der Waals surface area contributed by atoms with E-state index in [1.54, 1.807) is 24.3 Å². The van der Waals surface area contributed by atoms with Gasteiger partial charge in [-0.05, 0) is 46.6 Å². The predicted octanol–water partition coefficient (Wildman–Crippen LogP) is 4.75. The van der Waals surface area contributed by atoms with Crippen molar-refractivity contribution in [3.05, 3.63) is 64.1 Å². The zero-order valence-corrected chi connectivity index (χ0v) is 12.1. The molecule has 0 aliphatic heterocycles. The standard InChI is InChI=1S/C15H14BrF2N/c1-2-19(14-9-4-3-7-12(14)17)10-11-6-5-8-13(18)15(11)16/h3-9H,2,10H2,1H3. The summed E-state index contributed by atoms with van der Waals surface area (Å²) in [5, 5.41) is 0.